The van der Waals surface area contributed by atoms with Gasteiger partial charge in [0.1, 0.15) is 0 Å². The molecule has 0 aliphatic rings. The largest absolute Gasteiger partial charge is 0.480 e. The van der Waals surface area contributed by atoms with E-state index in [4.69, 9.17) is 4.74 Å². The number of amides is 1. The molecule has 1 atom stereocenters. The molecule has 126 valence electrons. The van der Waals surface area contributed by atoms with Crippen molar-refractivity contribution >= 4 is 11.6 Å². The molecule has 0 saturated carbocycles. The first kappa shape index (κ1) is 17.1. The highest BCUT2D eigenvalue weighted by Crippen LogP contribution is 2.10. The van der Waals surface area contributed by atoms with Crippen LogP contribution in [0.2, 0.25) is 0 Å². The highest BCUT2D eigenvalue weighted by molar-refractivity contribution is 5.76. The number of fused-ring (bicyclic) bond motifs is 1. The molecule has 2 rings (SSSR count). The van der Waals surface area contributed by atoms with Gasteiger partial charge in [0.15, 0.2) is 11.5 Å². The molecule has 0 radical (unpaired) electrons. The monoisotopic (exact) mass is 321 g/mol. The zero-order valence-corrected chi connectivity index (χ0v) is 13.7. The van der Waals surface area contributed by atoms with Crippen LogP contribution in [0.25, 0.3) is 5.65 Å². The van der Waals surface area contributed by atoms with Gasteiger partial charge in [-0.3, -0.25) is 4.79 Å². The molecule has 0 bridgehead atoms. The summed E-state index contributed by atoms with van der Waals surface area (Å²) in [7, 11) is 1.55. The Morgan fingerprint density at radius 1 is 1.39 bits per heavy atom. The number of hydrogen-bond acceptors (Lipinski definition) is 6. The lowest BCUT2D eigenvalue weighted by atomic mass is 10.1. The number of aliphatic hydroxyl groups is 1. The number of ether oxygens (including phenoxy) is 1. The molecule has 0 fully saturated rings. The number of aromatic nitrogens is 4. The third kappa shape index (κ3) is 4.38. The Morgan fingerprint density at radius 2 is 2.17 bits per heavy atom. The summed E-state index contributed by atoms with van der Waals surface area (Å²) >= 11 is 0. The first-order valence-electron chi connectivity index (χ1n) is 7.70. The Labute approximate surface area is 134 Å². The lowest BCUT2D eigenvalue weighted by Crippen LogP contribution is -2.41. The molecule has 2 heterocycles. The maximum Gasteiger partial charge on any atom is 0.231 e. The number of nitrogens with one attached hydrogen (secondary N) is 1. The first-order valence-corrected chi connectivity index (χ1v) is 7.70. The Morgan fingerprint density at radius 3 is 2.83 bits per heavy atom. The van der Waals surface area contributed by atoms with E-state index in [0.29, 0.717) is 36.6 Å². The zero-order valence-electron chi connectivity index (χ0n) is 13.7. The summed E-state index contributed by atoms with van der Waals surface area (Å²) in [4.78, 5) is 11.9. The van der Waals surface area contributed by atoms with Crippen LogP contribution in [0.4, 0.5) is 0 Å². The van der Waals surface area contributed by atoms with Crippen LogP contribution in [0.5, 0.6) is 5.88 Å². The summed E-state index contributed by atoms with van der Waals surface area (Å²) in [5, 5.41) is 24.5. The van der Waals surface area contributed by atoms with Crippen molar-refractivity contribution in [2.75, 3.05) is 13.7 Å². The number of hydrogen-bond donors (Lipinski definition) is 2. The Bertz CT molecular complexity index is 656. The average Bonchev–Trinajstić information content (AvgIpc) is 2.94. The van der Waals surface area contributed by atoms with E-state index >= 15 is 0 Å². The molecule has 2 aromatic rings. The highest BCUT2D eigenvalue weighted by Gasteiger charge is 2.15. The van der Waals surface area contributed by atoms with E-state index in [-0.39, 0.29) is 24.5 Å². The fraction of sp³-hybridized carbons (Fsp3) is 0.600. The average molecular weight is 321 g/mol. The zero-order chi connectivity index (χ0) is 16.8. The van der Waals surface area contributed by atoms with Crippen molar-refractivity contribution in [2.24, 2.45) is 5.92 Å². The van der Waals surface area contributed by atoms with E-state index in [1.165, 1.54) is 0 Å². The molecule has 0 aromatic carbocycles. The van der Waals surface area contributed by atoms with Crippen molar-refractivity contribution in [2.45, 2.75) is 39.2 Å². The fourth-order valence-electron chi connectivity index (χ4n) is 2.19. The summed E-state index contributed by atoms with van der Waals surface area (Å²) in [6, 6.07) is 3.30. The van der Waals surface area contributed by atoms with Gasteiger partial charge in [0.2, 0.25) is 11.8 Å². The van der Waals surface area contributed by atoms with Gasteiger partial charge in [-0.2, -0.15) is 4.52 Å². The van der Waals surface area contributed by atoms with E-state index in [1.807, 2.05) is 13.8 Å². The van der Waals surface area contributed by atoms with Gasteiger partial charge in [-0.15, -0.1) is 15.3 Å². The minimum absolute atomic E-state index is 0.0536. The molecule has 0 aliphatic carbocycles. The number of aryl methyl sites for hydroxylation is 1. The maximum atomic E-state index is 11.9. The van der Waals surface area contributed by atoms with E-state index in [1.54, 1.807) is 23.8 Å². The van der Waals surface area contributed by atoms with Crippen LogP contribution < -0.4 is 10.1 Å². The lowest BCUT2D eigenvalue weighted by molar-refractivity contribution is -0.122. The molecule has 23 heavy (non-hydrogen) atoms. The molecule has 0 unspecified atom stereocenters. The van der Waals surface area contributed by atoms with E-state index in [9.17, 15) is 9.90 Å². The Kier molecular flexibility index (Phi) is 5.86. The molecule has 0 saturated heterocycles. The van der Waals surface area contributed by atoms with Crippen LogP contribution in [0.15, 0.2) is 12.1 Å². The van der Waals surface area contributed by atoms with Crippen LogP contribution in [-0.2, 0) is 11.2 Å². The molecule has 0 spiro atoms. The summed E-state index contributed by atoms with van der Waals surface area (Å²) in [6.45, 7) is 3.87. The summed E-state index contributed by atoms with van der Waals surface area (Å²) in [5.41, 5.74) is 0.644. The highest BCUT2D eigenvalue weighted by atomic mass is 16.5. The van der Waals surface area contributed by atoms with Crippen molar-refractivity contribution in [3.05, 3.63) is 18.0 Å². The van der Waals surface area contributed by atoms with Gasteiger partial charge in [-0.25, -0.2) is 0 Å². The van der Waals surface area contributed by atoms with Crippen molar-refractivity contribution in [3.8, 4) is 5.88 Å². The van der Waals surface area contributed by atoms with Crippen molar-refractivity contribution in [3.63, 3.8) is 0 Å². The minimum atomic E-state index is -0.206. The van der Waals surface area contributed by atoms with Gasteiger partial charge < -0.3 is 15.2 Å². The van der Waals surface area contributed by atoms with Crippen LogP contribution in [0.1, 0.15) is 32.5 Å². The summed E-state index contributed by atoms with van der Waals surface area (Å²) in [5.74, 6) is 1.30. The molecule has 2 N–H and O–H groups in total. The second-order valence-electron chi connectivity index (χ2n) is 5.72. The van der Waals surface area contributed by atoms with Gasteiger partial charge >= 0.3 is 0 Å². The van der Waals surface area contributed by atoms with Crippen LogP contribution in [-0.4, -0.2) is 50.6 Å². The van der Waals surface area contributed by atoms with Crippen LogP contribution >= 0.6 is 0 Å². The Balaban J connectivity index is 1.90. The quantitative estimate of drug-likeness (QED) is 0.738. The van der Waals surface area contributed by atoms with E-state index in [2.05, 4.69) is 20.6 Å². The molecule has 1 amide bonds. The molecule has 2 aromatic heterocycles. The SMILES string of the molecule is COc1ccc2nnc(CCCC(=O)N[C@@H](CO)C(C)C)n2n1. The van der Waals surface area contributed by atoms with Crippen molar-refractivity contribution in [1.82, 2.24) is 25.1 Å². The minimum Gasteiger partial charge on any atom is -0.480 e. The molecule has 0 aliphatic heterocycles. The third-order valence-corrected chi connectivity index (χ3v) is 3.66. The van der Waals surface area contributed by atoms with E-state index < -0.39 is 0 Å². The topological polar surface area (TPSA) is 102 Å². The van der Waals surface area contributed by atoms with Crippen LogP contribution in [0, 0.1) is 5.92 Å². The summed E-state index contributed by atoms with van der Waals surface area (Å²) < 4.78 is 6.72. The number of carbonyl (C=O) groups excluding carboxylic acids is 1. The molecular formula is C15H23N5O3. The summed E-state index contributed by atoms with van der Waals surface area (Å²) in [6.07, 6.45) is 1.57. The number of carbonyl (C=O) groups is 1. The second-order valence-corrected chi connectivity index (χ2v) is 5.72. The Hall–Kier alpha value is -2.22. The second kappa shape index (κ2) is 7.87. The normalized spacial score (nSPS) is 12.6. The number of methoxy groups -OCH3 is 1. The maximum absolute atomic E-state index is 11.9. The van der Waals surface area contributed by atoms with Gasteiger partial charge in [0.05, 0.1) is 19.8 Å². The van der Waals surface area contributed by atoms with Crippen LogP contribution in [0.3, 0.4) is 0 Å². The standard InChI is InChI=1S/C15H23N5O3/c1-10(2)11(9-21)16-14(22)6-4-5-12-17-18-13-7-8-15(23-3)19-20(12)13/h7-8,10-11,21H,4-6,9H2,1-3H3,(H,16,22)/t11-/m0/s1. The number of aliphatic hydroxyl groups excluding tert-OH is 1. The predicted octanol–water partition coefficient (Wildman–Crippen LogP) is 0.589. The van der Waals surface area contributed by atoms with Gasteiger partial charge in [0.25, 0.3) is 0 Å². The van der Waals surface area contributed by atoms with Gasteiger partial charge in [-0.05, 0) is 18.4 Å². The van der Waals surface area contributed by atoms with Crippen molar-refractivity contribution < 1.29 is 14.6 Å². The molecule has 8 heteroatoms. The fourth-order valence-corrected chi connectivity index (χ4v) is 2.19. The van der Waals surface area contributed by atoms with Gasteiger partial charge in [0, 0.05) is 18.9 Å². The number of nitrogens with zero attached hydrogens (tertiary/aromatic N) is 4. The van der Waals surface area contributed by atoms with Crippen molar-refractivity contribution in [1.29, 1.82) is 0 Å². The van der Waals surface area contributed by atoms with Gasteiger partial charge in [-0.1, -0.05) is 13.8 Å². The first-order chi connectivity index (χ1) is 11.0. The molecule has 8 nitrogen and oxygen atoms in total. The predicted molar refractivity (Wildman–Crippen MR) is 84.1 cm³/mol. The third-order valence-electron chi connectivity index (χ3n) is 3.66. The molecular weight excluding hydrogens is 298 g/mol. The lowest BCUT2D eigenvalue weighted by Gasteiger charge is -2.19. The van der Waals surface area contributed by atoms with E-state index in [0.717, 1.165) is 0 Å². The smallest absolute Gasteiger partial charge is 0.231 e. The number of rotatable bonds is 8.